The van der Waals surface area contributed by atoms with Gasteiger partial charge in [0, 0.05) is 18.2 Å². The molecule has 1 aromatic carbocycles. The predicted octanol–water partition coefficient (Wildman–Crippen LogP) is 3.87. The van der Waals surface area contributed by atoms with Crippen molar-refractivity contribution in [3.05, 3.63) is 34.9 Å². The number of carbonyl (C=O) groups excluding carboxylic acids is 1. The smallest absolute Gasteiger partial charge is 0.253 e. The first-order valence-corrected chi connectivity index (χ1v) is 9.43. The molecule has 2 aliphatic carbocycles. The van der Waals surface area contributed by atoms with Gasteiger partial charge in [0.05, 0.1) is 22.5 Å². The number of halogens is 3. The Morgan fingerprint density at radius 3 is 2.36 bits per heavy atom. The molecule has 2 unspecified atom stereocenters. The van der Waals surface area contributed by atoms with E-state index in [1.807, 2.05) is 13.8 Å². The van der Waals surface area contributed by atoms with Crippen molar-refractivity contribution in [1.29, 1.82) is 0 Å². The largest absolute Gasteiger partial charge is 0.349 e. The van der Waals surface area contributed by atoms with Crippen LogP contribution in [0.3, 0.4) is 0 Å². The summed E-state index contributed by atoms with van der Waals surface area (Å²) < 4.78 is 14.1. The van der Waals surface area contributed by atoms with Gasteiger partial charge in [-0.15, -0.1) is 24.8 Å². The van der Waals surface area contributed by atoms with E-state index in [-0.39, 0.29) is 48.4 Å². The van der Waals surface area contributed by atoms with Crippen LogP contribution in [0.2, 0.25) is 0 Å². The average Bonchev–Trinajstić information content (AvgIpc) is 2.56. The Labute approximate surface area is 176 Å². The van der Waals surface area contributed by atoms with Crippen LogP contribution >= 0.6 is 24.8 Å². The monoisotopic (exact) mass is 428 g/mol. The van der Waals surface area contributed by atoms with Crippen LogP contribution in [-0.4, -0.2) is 28.0 Å². The second kappa shape index (κ2) is 8.89. The number of nitrogens with zero attached hydrogens (tertiary/aromatic N) is 2. The zero-order chi connectivity index (χ0) is 18.4. The molecule has 2 aromatic rings. The number of benzene rings is 1. The van der Waals surface area contributed by atoms with Gasteiger partial charge in [-0.05, 0) is 57.4 Å². The van der Waals surface area contributed by atoms with Crippen LogP contribution in [0.1, 0.15) is 53.8 Å². The van der Waals surface area contributed by atoms with Crippen LogP contribution in [0.4, 0.5) is 4.39 Å². The second-order valence-electron chi connectivity index (χ2n) is 7.90. The van der Waals surface area contributed by atoms with Crippen molar-refractivity contribution in [3.8, 4) is 0 Å². The molecule has 1 aromatic heterocycles. The van der Waals surface area contributed by atoms with E-state index in [0.717, 1.165) is 37.1 Å². The summed E-state index contributed by atoms with van der Waals surface area (Å²) in [4.78, 5) is 21.9. The molecular weight excluding hydrogens is 402 g/mol. The van der Waals surface area contributed by atoms with E-state index in [1.165, 1.54) is 18.6 Å². The number of fused-ring (bicyclic) bond motifs is 3. The van der Waals surface area contributed by atoms with Gasteiger partial charge in [-0.2, -0.15) is 0 Å². The molecule has 1 heterocycles. The molecular formula is C20H27Cl2FN4O. The van der Waals surface area contributed by atoms with Gasteiger partial charge in [-0.1, -0.05) is 6.42 Å². The number of nitrogens with one attached hydrogen (secondary N) is 1. The maximum absolute atomic E-state index is 14.1. The van der Waals surface area contributed by atoms with Crippen LogP contribution < -0.4 is 11.1 Å². The Bertz CT molecular complexity index is 865. The molecule has 2 atom stereocenters. The number of amides is 1. The van der Waals surface area contributed by atoms with E-state index in [1.54, 1.807) is 0 Å². The number of nitrogens with two attached hydrogens (primary N) is 1. The van der Waals surface area contributed by atoms with Crippen LogP contribution in [-0.2, 0) is 0 Å². The molecule has 3 N–H and O–H groups in total. The first-order valence-electron chi connectivity index (χ1n) is 9.43. The lowest BCUT2D eigenvalue weighted by molar-refractivity contribution is 0.0757. The van der Waals surface area contributed by atoms with Gasteiger partial charge in [0.25, 0.3) is 5.91 Å². The first-order chi connectivity index (χ1) is 12.4. The lowest BCUT2D eigenvalue weighted by atomic mass is 9.67. The van der Waals surface area contributed by atoms with Crippen molar-refractivity contribution in [1.82, 2.24) is 15.3 Å². The standard InChI is InChI=1S/C20H25FN4O.2ClH/c1-10-11(2)24-19-16(8-14(21)9-17(19)23-10)20(26)25-18-12-4-3-5-13(18)7-15(22)6-12;;/h8-9,12-13,15,18H,3-7,22H2,1-2H3,(H,25,26);2*1H. The Kier molecular flexibility index (Phi) is 7.23. The van der Waals surface area contributed by atoms with Crippen LogP contribution in [0, 0.1) is 31.5 Å². The Balaban J connectivity index is 0.00000140. The van der Waals surface area contributed by atoms with Gasteiger partial charge < -0.3 is 11.1 Å². The van der Waals surface area contributed by atoms with Crippen molar-refractivity contribution in [2.24, 2.45) is 17.6 Å². The Morgan fingerprint density at radius 1 is 1.11 bits per heavy atom. The summed E-state index contributed by atoms with van der Waals surface area (Å²) >= 11 is 0. The highest BCUT2D eigenvalue weighted by Crippen LogP contribution is 2.39. The SMILES string of the molecule is Cc1nc2cc(F)cc(C(=O)NC3C4CCCC3CC(N)C4)c2nc1C.Cl.Cl. The molecule has 2 aliphatic rings. The summed E-state index contributed by atoms with van der Waals surface area (Å²) in [5.41, 5.74) is 8.81. The van der Waals surface area contributed by atoms with Crippen molar-refractivity contribution >= 4 is 41.8 Å². The summed E-state index contributed by atoms with van der Waals surface area (Å²) in [6.45, 7) is 3.68. The molecule has 4 rings (SSSR count). The number of hydrogen-bond acceptors (Lipinski definition) is 4. The van der Waals surface area contributed by atoms with E-state index in [0.29, 0.717) is 22.9 Å². The third-order valence-electron chi connectivity index (χ3n) is 6.06. The normalized spacial score (nSPS) is 26.1. The number of aromatic nitrogens is 2. The molecule has 2 bridgehead atoms. The topological polar surface area (TPSA) is 80.9 Å². The van der Waals surface area contributed by atoms with Gasteiger partial charge in [-0.25, -0.2) is 14.4 Å². The van der Waals surface area contributed by atoms with Crippen LogP contribution in [0.15, 0.2) is 12.1 Å². The van der Waals surface area contributed by atoms with Gasteiger partial charge in [-0.3, -0.25) is 4.79 Å². The average molecular weight is 429 g/mol. The summed E-state index contributed by atoms with van der Waals surface area (Å²) in [7, 11) is 0. The highest BCUT2D eigenvalue weighted by atomic mass is 35.5. The highest BCUT2D eigenvalue weighted by Gasteiger charge is 2.40. The minimum absolute atomic E-state index is 0. The van der Waals surface area contributed by atoms with E-state index >= 15 is 0 Å². The number of rotatable bonds is 2. The van der Waals surface area contributed by atoms with E-state index in [9.17, 15) is 9.18 Å². The molecule has 8 heteroatoms. The van der Waals surface area contributed by atoms with Crippen LogP contribution in [0.5, 0.6) is 0 Å². The van der Waals surface area contributed by atoms with Crippen molar-refractivity contribution < 1.29 is 9.18 Å². The number of hydrogen-bond donors (Lipinski definition) is 2. The fourth-order valence-corrected chi connectivity index (χ4v) is 4.72. The van der Waals surface area contributed by atoms with Gasteiger partial charge in [0.15, 0.2) is 0 Å². The Hall–Kier alpha value is -1.50. The molecule has 0 spiro atoms. The van der Waals surface area contributed by atoms with Gasteiger partial charge in [0.1, 0.15) is 11.3 Å². The molecule has 1 amide bonds. The fraction of sp³-hybridized carbons (Fsp3) is 0.550. The summed E-state index contributed by atoms with van der Waals surface area (Å²) in [5.74, 6) is 0.100. The maximum atomic E-state index is 14.1. The molecule has 2 fully saturated rings. The lowest BCUT2D eigenvalue weighted by Crippen LogP contribution is -2.53. The summed E-state index contributed by atoms with van der Waals surface area (Å²) in [6, 6.07) is 2.95. The number of carbonyl (C=O) groups is 1. The molecule has 2 saturated carbocycles. The van der Waals surface area contributed by atoms with E-state index in [4.69, 9.17) is 5.73 Å². The second-order valence-corrected chi connectivity index (χ2v) is 7.90. The molecule has 154 valence electrons. The Morgan fingerprint density at radius 2 is 1.71 bits per heavy atom. The fourth-order valence-electron chi connectivity index (χ4n) is 4.72. The molecule has 0 radical (unpaired) electrons. The third-order valence-corrected chi connectivity index (χ3v) is 6.06. The van der Waals surface area contributed by atoms with Gasteiger partial charge >= 0.3 is 0 Å². The van der Waals surface area contributed by atoms with Crippen molar-refractivity contribution in [2.75, 3.05) is 0 Å². The van der Waals surface area contributed by atoms with Crippen molar-refractivity contribution in [2.45, 2.75) is 58.0 Å². The van der Waals surface area contributed by atoms with E-state index in [2.05, 4.69) is 15.3 Å². The van der Waals surface area contributed by atoms with Crippen LogP contribution in [0.25, 0.3) is 11.0 Å². The highest BCUT2D eigenvalue weighted by molar-refractivity contribution is 6.05. The lowest BCUT2D eigenvalue weighted by Gasteiger charge is -2.45. The summed E-state index contributed by atoms with van der Waals surface area (Å²) in [6.07, 6.45) is 5.28. The molecule has 0 saturated heterocycles. The quantitative estimate of drug-likeness (QED) is 0.760. The third kappa shape index (κ3) is 4.24. The van der Waals surface area contributed by atoms with Gasteiger partial charge in [0.2, 0.25) is 0 Å². The maximum Gasteiger partial charge on any atom is 0.253 e. The molecule has 5 nitrogen and oxygen atoms in total. The zero-order valence-corrected chi connectivity index (χ0v) is 17.7. The van der Waals surface area contributed by atoms with E-state index < -0.39 is 5.82 Å². The first kappa shape index (κ1) is 22.8. The molecule has 28 heavy (non-hydrogen) atoms. The number of aryl methyl sites for hydroxylation is 2. The minimum atomic E-state index is -0.467. The minimum Gasteiger partial charge on any atom is -0.349 e. The zero-order valence-electron chi connectivity index (χ0n) is 16.1. The van der Waals surface area contributed by atoms with Crippen molar-refractivity contribution in [3.63, 3.8) is 0 Å². The predicted molar refractivity (Wildman–Crippen MR) is 113 cm³/mol. The summed E-state index contributed by atoms with van der Waals surface area (Å²) in [5, 5.41) is 3.18. The molecule has 0 aliphatic heterocycles.